The molecule has 7 heteroatoms. The number of anilines is 1. The third-order valence-electron chi connectivity index (χ3n) is 3.16. The molecule has 0 aliphatic heterocycles. The van der Waals surface area contributed by atoms with Crippen molar-refractivity contribution in [3.63, 3.8) is 0 Å². The van der Waals surface area contributed by atoms with Gasteiger partial charge in [0.05, 0.1) is 12.1 Å². The number of carbonyl (C=O) groups excluding carboxylic acids is 2. The van der Waals surface area contributed by atoms with Crippen LogP contribution in [0.5, 0.6) is 0 Å². The summed E-state index contributed by atoms with van der Waals surface area (Å²) >= 11 is 7.27. The van der Waals surface area contributed by atoms with E-state index in [1.165, 1.54) is 29.5 Å². The fourth-order valence-corrected chi connectivity index (χ4v) is 2.89. The van der Waals surface area contributed by atoms with Gasteiger partial charge in [0.15, 0.2) is 6.61 Å². The second kappa shape index (κ2) is 9.44. The molecule has 2 aromatic rings. The summed E-state index contributed by atoms with van der Waals surface area (Å²) in [6.45, 7) is 1.53. The smallest absolute Gasteiger partial charge is 0.307 e. The van der Waals surface area contributed by atoms with Gasteiger partial charge in [-0.25, -0.2) is 4.39 Å². The first-order valence-electron chi connectivity index (χ1n) is 7.54. The molecule has 0 bridgehead atoms. The maximum atomic E-state index is 13.5. The number of ether oxygens (including phenoxy) is 1. The molecular weight excluding hydrogens is 365 g/mol. The summed E-state index contributed by atoms with van der Waals surface area (Å²) in [6, 6.07) is 11.8. The van der Waals surface area contributed by atoms with Crippen molar-refractivity contribution in [2.45, 2.75) is 18.2 Å². The standard InChI is InChI=1S/C18H17ClFNO3S/c1-12-2-5-14(6-3-12)25-9-8-18(23)24-11-17(22)21-16-10-13(19)4-7-15(16)20/h2-7,10H,8-9,11H2,1H3,(H,21,22). The van der Waals surface area contributed by atoms with E-state index >= 15 is 0 Å². The molecular formula is C18H17ClFNO3S. The van der Waals surface area contributed by atoms with Gasteiger partial charge in [-0.2, -0.15) is 0 Å². The lowest BCUT2D eigenvalue weighted by molar-refractivity contribution is -0.146. The second-order valence-electron chi connectivity index (χ2n) is 5.24. The van der Waals surface area contributed by atoms with Gasteiger partial charge in [0, 0.05) is 15.7 Å². The van der Waals surface area contributed by atoms with Crippen LogP contribution < -0.4 is 5.32 Å². The van der Waals surface area contributed by atoms with Gasteiger partial charge in [0.1, 0.15) is 5.82 Å². The molecule has 0 saturated carbocycles. The van der Waals surface area contributed by atoms with E-state index < -0.39 is 24.3 Å². The molecule has 0 aliphatic rings. The van der Waals surface area contributed by atoms with Gasteiger partial charge in [0.2, 0.25) is 0 Å². The number of nitrogens with one attached hydrogen (secondary N) is 1. The number of amides is 1. The lowest BCUT2D eigenvalue weighted by Gasteiger charge is -2.08. The molecule has 1 N–H and O–H groups in total. The van der Waals surface area contributed by atoms with E-state index in [-0.39, 0.29) is 12.1 Å². The molecule has 1 amide bonds. The van der Waals surface area contributed by atoms with Gasteiger partial charge >= 0.3 is 5.97 Å². The Bertz CT molecular complexity index is 752. The SMILES string of the molecule is Cc1ccc(SCCC(=O)OCC(=O)Nc2cc(Cl)ccc2F)cc1. The zero-order chi connectivity index (χ0) is 18.2. The van der Waals surface area contributed by atoms with Gasteiger partial charge in [-0.3, -0.25) is 9.59 Å². The quantitative estimate of drug-likeness (QED) is 0.568. The number of hydrogen-bond donors (Lipinski definition) is 1. The summed E-state index contributed by atoms with van der Waals surface area (Å²) < 4.78 is 18.4. The minimum absolute atomic E-state index is 0.0523. The highest BCUT2D eigenvalue weighted by Gasteiger charge is 2.11. The Morgan fingerprint density at radius 2 is 1.92 bits per heavy atom. The first kappa shape index (κ1) is 19.3. The van der Waals surface area contributed by atoms with Crippen molar-refractivity contribution in [3.8, 4) is 0 Å². The first-order chi connectivity index (χ1) is 11.9. The molecule has 0 radical (unpaired) electrons. The summed E-state index contributed by atoms with van der Waals surface area (Å²) in [7, 11) is 0. The van der Waals surface area contributed by atoms with E-state index in [9.17, 15) is 14.0 Å². The highest BCUT2D eigenvalue weighted by molar-refractivity contribution is 7.99. The van der Waals surface area contributed by atoms with Crippen molar-refractivity contribution < 1.29 is 18.7 Å². The number of halogens is 2. The Kier molecular flexibility index (Phi) is 7.28. The second-order valence-corrected chi connectivity index (χ2v) is 6.85. The molecule has 25 heavy (non-hydrogen) atoms. The lowest BCUT2D eigenvalue weighted by atomic mass is 10.2. The minimum Gasteiger partial charge on any atom is -0.456 e. The number of carbonyl (C=O) groups is 2. The molecule has 0 spiro atoms. The molecule has 0 aliphatic carbocycles. The largest absolute Gasteiger partial charge is 0.456 e. The zero-order valence-electron chi connectivity index (χ0n) is 13.6. The Labute approximate surface area is 154 Å². The van der Waals surface area contributed by atoms with E-state index in [4.69, 9.17) is 16.3 Å². The summed E-state index contributed by atoms with van der Waals surface area (Å²) in [4.78, 5) is 24.4. The van der Waals surface area contributed by atoms with Crippen molar-refractivity contribution in [3.05, 3.63) is 58.9 Å². The molecule has 4 nitrogen and oxygen atoms in total. The van der Waals surface area contributed by atoms with Crippen LogP contribution in [0.15, 0.2) is 47.4 Å². The van der Waals surface area contributed by atoms with Gasteiger partial charge in [-0.05, 0) is 37.3 Å². The maximum absolute atomic E-state index is 13.5. The van der Waals surface area contributed by atoms with E-state index in [0.29, 0.717) is 10.8 Å². The molecule has 132 valence electrons. The highest BCUT2D eigenvalue weighted by atomic mass is 35.5. The van der Waals surface area contributed by atoms with Crippen LogP contribution >= 0.6 is 23.4 Å². The average molecular weight is 382 g/mol. The summed E-state index contributed by atoms with van der Waals surface area (Å²) in [6.07, 6.45) is 0.178. The molecule has 2 rings (SSSR count). The molecule has 0 atom stereocenters. The van der Waals surface area contributed by atoms with Crippen molar-refractivity contribution in [2.24, 2.45) is 0 Å². The van der Waals surface area contributed by atoms with Gasteiger partial charge in [-0.1, -0.05) is 29.3 Å². The predicted octanol–water partition coefficient (Wildman–Crippen LogP) is 4.45. The monoisotopic (exact) mass is 381 g/mol. The summed E-state index contributed by atoms with van der Waals surface area (Å²) in [5, 5.41) is 2.61. The van der Waals surface area contributed by atoms with Crippen LogP contribution in [0.2, 0.25) is 5.02 Å². The number of hydrogen-bond acceptors (Lipinski definition) is 4. The van der Waals surface area contributed by atoms with E-state index in [0.717, 1.165) is 11.0 Å². The molecule has 0 saturated heterocycles. The van der Waals surface area contributed by atoms with E-state index in [2.05, 4.69) is 5.32 Å². The Balaban J connectivity index is 1.69. The fourth-order valence-electron chi connectivity index (χ4n) is 1.88. The molecule has 0 heterocycles. The van der Waals surface area contributed by atoms with E-state index in [1.807, 2.05) is 31.2 Å². The molecule has 0 aromatic heterocycles. The van der Waals surface area contributed by atoms with E-state index in [1.54, 1.807) is 0 Å². The third kappa shape index (κ3) is 6.76. The lowest BCUT2D eigenvalue weighted by Crippen LogP contribution is -2.21. The van der Waals surface area contributed by atoms with Gasteiger partial charge in [-0.15, -0.1) is 11.8 Å². The van der Waals surface area contributed by atoms with Crippen LogP contribution in [0.1, 0.15) is 12.0 Å². The fraction of sp³-hybridized carbons (Fsp3) is 0.222. The van der Waals surface area contributed by atoms with Crippen LogP contribution in [-0.4, -0.2) is 24.2 Å². The Morgan fingerprint density at radius 1 is 1.20 bits per heavy atom. The molecule has 2 aromatic carbocycles. The Morgan fingerprint density at radius 3 is 2.64 bits per heavy atom. The number of thioether (sulfide) groups is 1. The van der Waals surface area contributed by atoms with Crippen molar-refractivity contribution in [2.75, 3.05) is 17.7 Å². The van der Waals surface area contributed by atoms with Crippen LogP contribution in [0.4, 0.5) is 10.1 Å². The highest BCUT2D eigenvalue weighted by Crippen LogP contribution is 2.20. The van der Waals surface area contributed by atoms with Crippen LogP contribution in [0.25, 0.3) is 0 Å². The van der Waals surface area contributed by atoms with Crippen molar-refractivity contribution >= 4 is 40.9 Å². The van der Waals surface area contributed by atoms with Crippen LogP contribution in [0.3, 0.4) is 0 Å². The molecule has 0 unspecified atom stereocenters. The number of aryl methyl sites for hydroxylation is 1. The zero-order valence-corrected chi connectivity index (χ0v) is 15.1. The molecule has 0 fully saturated rings. The summed E-state index contributed by atoms with van der Waals surface area (Å²) in [5.41, 5.74) is 1.12. The maximum Gasteiger partial charge on any atom is 0.307 e. The van der Waals surface area contributed by atoms with Crippen LogP contribution in [0, 0.1) is 12.7 Å². The number of benzene rings is 2. The van der Waals surface area contributed by atoms with Gasteiger partial charge < -0.3 is 10.1 Å². The Hall–Kier alpha value is -2.05. The normalized spacial score (nSPS) is 10.4. The van der Waals surface area contributed by atoms with Crippen molar-refractivity contribution in [1.29, 1.82) is 0 Å². The predicted molar refractivity (Wildman–Crippen MR) is 97.5 cm³/mol. The number of esters is 1. The summed E-state index contributed by atoms with van der Waals surface area (Å²) in [5.74, 6) is -1.17. The van der Waals surface area contributed by atoms with Crippen molar-refractivity contribution in [1.82, 2.24) is 0 Å². The van der Waals surface area contributed by atoms with Gasteiger partial charge in [0.25, 0.3) is 5.91 Å². The first-order valence-corrected chi connectivity index (χ1v) is 8.90. The average Bonchev–Trinajstić information content (AvgIpc) is 2.58. The third-order valence-corrected chi connectivity index (χ3v) is 4.41. The topological polar surface area (TPSA) is 55.4 Å². The minimum atomic E-state index is -0.624. The number of rotatable bonds is 7. The van der Waals surface area contributed by atoms with Crippen LogP contribution in [-0.2, 0) is 14.3 Å².